The first-order valence-corrected chi connectivity index (χ1v) is 4.74. The summed E-state index contributed by atoms with van der Waals surface area (Å²) in [6, 6.07) is 10.1. The molecule has 1 radical (unpaired) electrons. The Kier molecular flexibility index (Phi) is 4.50. The van der Waals surface area contributed by atoms with Crippen molar-refractivity contribution >= 4 is 17.1 Å². The fourth-order valence-corrected chi connectivity index (χ4v) is 1.53. The number of hydrazine groups is 1. The Morgan fingerprint density at radius 3 is 2.64 bits per heavy atom. The van der Waals surface area contributed by atoms with Gasteiger partial charge in [-0.25, -0.2) is 5.12 Å². The predicted octanol–water partition coefficient (Wildman–Crippen LogP) is 0.882. The molecule has 0 spiro atoms. The second-order valence-electron chi connectivity index (χ2n) is 2.67. The van der Waals surface area contributed by atoms with Gasteiger partial charge in [0.25, 0.3) is 0 Å². The molecule has 3 N–H and O–H groups in total. The third-order valence-corrected chi connectivity index (χ3v) is 2.24. The Bertz CT molecular complexity index is 316. The van der Waals surface area contributed by atoms with Crippen molar-refractivity contribution in [3.8, 4) is 0 Å². The summed E-state index contributed by atoms with van der Waals surface area (Å²) in [5.74, 6) is 0. The summed E-state index contributed by atoms with van der Waals surface area (Å²) < 4.78 is 0. The minimum Gasteiger partial charge on any atom is -0.376 e. The molecule has 0 aliphatic carbocycles. The quantitative estimate of drug-likeness (QED) is 0.629. The van der Waals surface area contributed by atoms with E-state index in [1.165, 1.54) is 17.5 Å². The van der Waals surface area contributed by atoms with Gasteiger partial charge < -0.3 is 5.73 Å². The van der Waals surface area contributed by atoms with E-state index in [-0.39, 0.29) is 22.4 Å². The van der Waals surface area contributed by atoms with Gasteiger partial charge in [0.05, 0.1) is 6.54 Å². The monoisotopic (exact) mass is 301 g/mol. The van der Waals surface area contributed by atoms with Crippen LogP contribution in [0.15, 0.2) is 35.4 Å². The van der Waals surface area contributed by atoms with E-state index >= 15 is 0 Å². The first-order chi connectivity index (χ1) is 6.34. The minimum atomic E-state index is 0. The first-order valence-electron chi connectivity index (χ1n) is 3.92. The van der Waals surface area contributed by atoms with Crippen molar-refractivity contribution in [2.45, 2.75) is 6.54 Å². The van der Waals surface area contributed by atoms with Crippen molar-refractivity contribution in [2.75, 3.05) is 0 Å². The van der Waals surface area contributed by atoms with Crippen LogP contribution in [0.4, 0.5) is 0 Å². The normalized spacial score (nSPS) is 14.9. The number of amidine groups is 1. The Balaban J connectivity index is 0.000000980. The molecule has 4 nitrogen and oxygen atoms in total. The molecule has 0 atom stereocenters. The SMILES string of the molecule is NC1=NN(Cc2ccccc2)NS1.[Ag]. The zero-order valence-corrected chi connectivity index (χ0v) is 9.57. The van der Waals surface area contributed by atoms with Gasteiger partial charge in [-0.1, -0.05) is 30.3 Å². The number of hydrogen-bond donors (Lipinski definition) is 2. The van der Waals surface area contributed by atoms with E-state index in [2.05, 4.69) is 22.1 Å². The van der Waals surface area contributed by atoms with Crippen molar-refractivity contribution in [1.29, 1.82) is 0 Å². The number of rotatable bonds is 2. The molecule has 14 heavy (non-hydrogen) atoms. The van der Waals surface area contributed by atoms with Gasteiger partial charge in [0.15, 0.2) is 5.17 Å². The zero-order chi connectivity index (χ0) is 9.10. The molecule has 0 unspecified atom stereocenters. The third-order valence-electron chi connectivity index (χ3n) is 1.65. The largest absolute Gasteiger partial charge is 0.376 e. The maximum atomic E-state index is 5.49. The number of nitrogens with zero attached hydrogens (tertiary/aromatic N) is 2. The van der Waals surface area contributed by atoms with E-state index in [1.807, 2.05) is 18.2 Å². The number of hydrogen-bond acceptors (Lipinski definition) is 5. The number of hydrazone groups is 1. The molecule has 1 aromatic rings. The van der Waals surface area contributed by atoms with Gasteiger partial charge in [-0.05, 0) is 5.56 Å². The van der Waals surface area contributed by atoms with Gasteiger partial charge in [0.2, 0.25) is 0 Å². The van der Waals surface area contributed by atoms with Crippen molar-refractivity contribution in [2.24, 2.45) is 10.8 Å². The number of nitrogens with one attached hydrogen (secondary N) is 1. The summed E-state index contributed by atoms with van der Waals surface area (Å²) in [5.41, 5.74) is 6.69. The Labute approximate surface area is 103 Å². The molecule has 0 saturated heterocycles. The fourth-order valence-electron chi connectivity index (χ4n) is 1.08. The molecule has 2 rings (SSSR count). The maximum absolute atomic E-state index is 5.49. The van der Waals surface area contributed by atoms with Crippen LogP contribution in [-0.4, -0.2) is 10.3 Å². The van der Waals surface area contributed by atoms with Crippen molar-refractivity contribution in [1.82, 2.24) is 9.95 Å². The van der Waals surface area contributed by atoms with Crippen LogP contribution in [0.25, 0.3) is 0 Å². The van der Waals surface area contributed by atoms with Gasteiger partial charge in [-0.15, -0.1) is 5.10 Å². The van der Waals surface area contributed by atoms with Crippen LogP contribution in [-0.2, 0) is 28.9 Å². The van der Waals surface area contributed by atoms with Gasteiger partial charge in [-0.2, -0.15) is 4.83 Å². The second-order valence-corrected chi connectivity index (χ2v) is 3.48. The minimum absolute atomic E-state index is 0. The van der Waals surface area contributed by atoms with Gasteiger partial charge >= 0.3 is 0 Å². The predicted molar refractivity (Wildman–Crippen MR) is 54.3 cm³/mol. The molecule has 79 valence electrons. The van der Waals surface area contributed by atoms with Crippen molar-refractivity contribution < 1.29 is 22.4 Å². The first kappa shape index (κ1) is 11.6. The molecule has 0 amide bonds. The standard InChI is InChI=1S/C8H10N4S.Ag/c9-8-10-12(11-13-8)6-7-4-2-1-3-5-7;/h1-5,11H,6H2,(H2,9,10);. The molecule has 0 fully saturated rings. The molecular weight excluding hydrogens is 292 g/mol. The van der Waals surface area contributed by atoms with Gasteiger partial charge in [-0.3, -0.25) is 0 Å². The molecule has 0 saturated carbocycles. The van der Waals surface area contributed by atoms with E-state index in [0.29, 0.717) is 5.17 Å². The number of nitrogens with two attached hydrogens (primary N) is 1. The van der Waals surface area contributed by atoms with Gasteiger partial charge in [0.1, 0.15) is 0 Å². The Morgan fingerprint density at radius 2 is 2.07 bits per heavy atom. The smallest absolute Gasteiger partial charge is 0.196 e. The Morgan fingerprint density at radius 1 is 1.36 bits per heavy atom. The molecule has 6 heteroatoms. The molecule has 1 aliphatic rings. The van der Waals surface area contributed by atoms with Crippen LogP contribution < -0.4 is 10.6 Å². The topological polar surface area (TPSA) is 53.6 Å². The zero-order valence-electron chi connectivity index (χ0n) is 7.28. The van der Waals surface area contributed by atoms with Crippen LogP contribution in [0.3, 0.4) is 0 Å². The summed E-state index contributed by atoms with van der Waals surface area (Å²) in [4.78, 5) is 2.98. The average Bonchev–Trinajstić information content (AvgIpc) is 2.53. The molecule has 0 aromatic heterocycles. The van der Waals surface area contributed by atoms with Crippen molar-refractivity contribution in [3.05, 3.63) is 35.9 Å². The number of benzene rings is 1. The van der Waals surface area contributed by atoms with Crippen LogP contribution in [0.1, 0.15) is 5.56 Å². The summed E-state index contributed by atoms with van der Waals surface area (Å²) in [6.45, 7) is 0.731. The molecule has 1 aliphatic heterocycles. The molecule has 0 bridgehead atoms. The average molecular weight is 302 g/mol. The second kappa shape index (κ2) is 5.43. The molecule has 1 aromatic carbocycles. The van der Waals surface area contributed by atoms with Crippen LogP contribution >= 0.6 is 11.9 Å². The maximum Gasteiger partial charge on any atom is 0.196 e. The van der Waals surface area contributed by atoms with E-state index in [9.17, 15) is 0 Å². The van der Waals surface area contributed by atoms with Crippen LogP contribution in [0, 0.1) is 0 Å². The Hall–Kier alpha value is -0.460. The third kappa shape index (κ3) is 3.04. The van der Waals surface area contributed by atoms with E-state index < -0.39 is 0 Å². The van der Waals surface area contributed by atoms with Crippen molar-refractivity contribution in [3.63, 3.8) is 0 Å². The fraction of sp³-hybridized carbons (Fsp3) is 0.125. The van der Waals surface area contributed by atoms with Crippen LogP contribution in [0.5, 0.6) is 0 Å². The van der Waals surface area contributed by atoms with E-state index in [4.69, 9.17) is 5.73 Å². The van der Waals surface area contributed by atoms with Gasteiger partial charge in [0, 0.05) is 34.3 Å². The van der Waals surface area contributed by atoms with E-state index in [0.717, 1.165) is 6.54 Å². The van der Waals surface area contributed by atoms with E-state index in [1.54, 1.807) is 5.12 Å². The van der Waals surface area contributed by atoms with Crippen LogP contribution in [0.2, 0.25) is 0 Å². The summed E-state index contributed by atoms with van der Waals surface area (Å²) >= 11 is 1.33. The molecular formula is C8H10AgN4S. The summed E-state index contributed by atoms with van der Waals surface area (Å²) in [7, 11) is 0. The summed E-state index contributed by atoms with van der Waals surface area (Å²) in [5, 5.41) is 6.33. The molecule has 1 heterocycles. The summed E-state index contributed by atoms with van der Waals surface area (Å²) in [6.07, 6.45) is 0.